The first-order valence-electron chi connectivity index (χ1n) is 7.20. The fraction of sp³-hybridized carbons (Fsp3) is 0.625. The zero-order valence-corrected chi connectivity index (χ0v) is 12.4. The molecule has 2 atom stereocenters. The van der Waals surface area contributed by atoms with Crippen LogP contribution in [-0.2, 0) is 12.8 Å². The number of hydrogen-bond donors (Lipinski definition) is 1. The molecule has 1 aromatic rings. The third-order valence-corrected chi connectivity index (χ3v) is 5.44. The Hall–Kier alpha value is -0.470. The highest BCUT2D eigenvalue weighted by molar-refractivity contribution is 8.00. The number of nitrogens with one attached hydrogen (secondary N) is 1. The zero-order valence-electron chi connectivity index (χ0n) is 11.6. The molecule has 1 N–H and O–H groups in total. The van der Waals surface area contributed by atoms with Crippen molar-refractivity contribution in [1.29, 1.82) is 0 Å². The topological polar surface area (TPSA) is 12.0 Å². The SMILES string of the molecule is CCc1ccc(CC(NC)C2CCCCS2)cc1. The minimum atomic E-state index is 0.628. The van der Waals surface area contributed by atoms with Crippen molar-refractivity contribution in [2.45, 2.75) is 50.3 Å². The fourth-order valence-corrected chi connectivity index (χ4v) is 4.14. The molecule has 2 rings (SSSR count). The van der Waals surface area contributed by atoms with E-state index in [1.165, 1.54) is 36.1 Å². The van der Waals surface area contributed by atoms with Crippen molar-refractivity contribution >= 4 is 11.8 Å². The molecule has 18 heavy (non-hydrogen) atoms. The van der Waals surface area contributed by atoms with E-state index in [1.807, 2.05) is 0 Å². The van der Waals surface area contributed by atoms with Gasteiger partial charge in [0.05, 0.1) is 0 Å². The van der Waals surface area contributed by atoms with Crippen molar-refractivity contribution in [3.8, 4) is 0 Å². The number of hydrogen-bond acceptors (Lipinski definition) is 2. The van der Waals surface area contributed by atoms with Crippen LogP contribution >= 0.6 is 11.8 Å². The van der Waals surface area contributed by atoms with E-state index in [1.54, 1.807) is 0 Å². The Morgan fingerprint density at radius 1 is 1.22 bits per heavy atom. The van der Waals surface area contributed by atoms with Crippen molar-refractivity contribution < 1.29 is 0 Å². The van der Waals surface area contributed by atoms with Crippen LogP contribution in [0.2, 0.25) is 0 Å². The van der Waals surface area contributed by atoms with Gasteiger partial charge < -0.3 is 5.32 Å². The van der Waals surface area contributed by atoms with Gasteiger partial charge in [0.25, 0.3) is 0 Å². The molecule has 0 amide bonds. The van der Waals surface area contributed by atoms with E-state index in [0.717, 1.165) is 18.1 Å². The quantitative estimate of drug-likeness (QED) is 0.870. The smallest absolute Gasteiger partial charge is 0.0223 e. The summed E-state index contributed by atoms with van der Waals surface area (Å²) in [6, 6.07) is 9.78. The summed E-state index contributed by atoms with van der Waals surface area (Å²) in [5.41, 5.74) is 2.91. The molecule has 1 saturated heterocycles. The van der Waals surface area contributed by atoms with E-state index in [4.69, 9.17) is 0 Å². The Balaban J connectivity index is 1.95. The van der Waals surface area contributed by atoms with E-state index in [2.05, 4.69) is 55.3 Å². The second kappa shape index (κ2) is 7.20. The maximum atomic E-state index is 3.53. The van der Waals surface area contributed by atoms with Gasteiger partial charge in [0.15, 0.2) is 0 Å². The molecule has 1 aromatic carbocycles. The average molecular weight is 263 g/mol. The summed E-state index contributed by atoms with van der Waals surface area (Å²) in [6.07, 6.45) is 6.49. The molecule has 0 saturated carbocycles. The zero-order chi connectivity index (χ0) is 12.8. The lowest BCUT2D eigenvalue weighted by molar-refractivity contribution is 0.495. The molecule has 0 aliphatic carbocycles. The molecule has 0 bridgehead atoms. The first kappa shape index (κ1) is 14.0. The predicted octanol–water partition coefficient (Wildman–Crippen LogP) is 3.67. The van der Waals surface area contributed by atoms with Gasteiger partial charge in [0.2, 0.25) is 0 Å². The second-order valence-electron chi connectivity index (χ2n) is 5.17. The molecule has 0 aromatic heterocycles. The lowest BCUT2D eigenvalue weighted by Crippen LogP contribution is -2.38. The summed E-state index contributed by atoms with van der Waals surface area (Å²) >= 11 is 2.16. The Morgan fingerprint density at radius 2 is 1.94 bits per heavy atom. The van der Waals surface area contributed by atoms with Gasteiger partial charge in [0, 0.05) is 11.3 Å². The Morgan fingerprint density at radius 3 is 2.50 bits per heavy atom. The largest absolute Gasteiger partial charge is 0.316 e. The van der Waals surface area contributed by atoms with Gasteiger partial charge in [-0.2, -0.15) is 11.8 Å². The van der Waals surface area contributed by atoms with Gasteiger partial charge >= 0.3 is 0 Å². The van der Waals surface area contributed by atoms with Crippen molar-refractivity contribution in [1.82, 2.24) is 5.32 Å². The van der Waals surface area contributed by atoms with Gasteiger partial charge in [0.1, 0.15) is 0 Å². The standard InChI is InChI=1S/C16H25NS/c1-3-13-7-9-14(10-8-13)12-15(17-2)16-6-4-5-11-18-16/h7-10,15-17H,3-6,11-12H2,1-2H3. The second-order valence-corrected chi connectivity index (χ2v) is 6.52. The van der Waals surface area contributed by atoms with Crippen LogP contribution in [-0.4, -0.2) is 24.1 Å². The number of aryl methyl sites for hydroxylation is 1. The minimum absolute atomic E-state index is 0.628. The molecular formula is C16H25NS. The Kier molecular flexibility index (Phi) is 5.58. The third kappa shape index (κ3) is 3.76. The maximum absolute atomic E-state index is 3.53. The van der Waals surface area contributed by atoms with Gasteiger partial charge in [-0.3, -0.25) is 0 Å². The number of rotatable bonds is 5. The van der Waals surface area contributed by atoms with Gasteiger partial charge in [-0.05, 0) is 49.6 Å². The molecule has 2 unspecified atom stereocenters. The monoisotopic (exact) mass is 263 g/mol. The van der Waals surface area contributed by atoms with Crippen LogP contribution in [0.15, 0.2) is 24.3 Å². The van der Waals surface area contributed by atoms with Crippen LogP contribution in [0.1, 0.15) is 37.3 Å². The van der Waals surface area contributed by atoms with Crippen LogP contribution in [0, 0.1) is 0 Å². The molecule has 2 heteroatoms. The number of benzene rings is 1. The molecule has 0 spiro atoms. The first-order chi connectivity index (χ1) is 8.83. The van der Waals surface area contributed by atoms with Crippen molar-refractivity contribution in [3.05, 3.63) is 35.4 Å². The number of thioether (sulfide) groups is 1. The third-order valence-electron chi connectivity index (χ3n) is 3.92. The highest BCUT2D eigenvalue weighted by atomic mass is 32.2. The molecule has 1 fully saturated rings. The summed E-state index contributed by atoms with van der Waals surface area (Å²) in [4.78, 5) is 0. The fourth-order valence-electron chi connectivity index (χ4n) is 2.67. The van der Waals surface area contributed by atoms with E-state index in [-0.39, 0.29) is 0 Å². The van der Waals surface area contributed by atoms with E-state index in [0.29, 0.717) is 6.04 Å². The molecule has 1 heterocycles. The molecular weight excluding hydrogens is 238 g/mol. The van der Waals surface area contributed by atoms with E-state index >= 15 is 0 Å². The van der Waals surface area contributed by atoms with Crippen LogP contribution in [0.3, 0.4) is 0 Å². The molecule has 100 valence electrons. The highest BCUT2D eigenvalue weighted by Crippen LogP contribution is 2.28. The van der Waals surface area contributed by atoms with Gasteiger partial charge in [-0.25, -0.2) is 0 Å². The van der Waals surface area contributed by atoms with E-state index < -0.39 is 0 Å². The van der Waals surface area contributed by atoms with Crippen molar-refractivity contribution in [2.24, 2.45) is 0 Å². The number of likely N-dealkylation sites (N-methyl/N-ethyl adjacent to an activating group) is 1. The molecule has 1 aliphatic heterocycles. The van der Waals surface area contributed by atoms with Crippen LogP contribution in [0.4, 0.5) is 0 Å². The lowest BCUT2D eigenvalue weighted by Gasteiger charge is -2.29. The summed E-state index contributed by atoms with van der Waals surface area (Å²) in [5, 5.41) is 4.33. The van der Waals surface area contributed by atoms with Crippen LogP contribution in [0.5, 0.6) is 0 Å². The summed E-state index contributed by atoms with van der Waals surface area (Å²) in [7, 11) is 2.11. The van der Waals surface area contributed by atoms with Gasteiger partial charge in [-0.15, -0.1) is 0 Å². The summed E-state index contributed by atoms with van der Waals surface area (Å²) in [5.74, 6) is 1.34. The average Bonchev–Trinajstić information content (AvgIpc) is 2.46. The molecule has 1 nitrogen and oxygen atoms in total. The maximum Gasteiger partial charge on any atom is 0.0223 e. The van der Waals surface area contributed by atoms with Crippen molar-refractivity contribution in [3.63, 3.8) is 0 Å². The Labute approximate surface area is 116 Å². The molecule has 0 radical (unpaired) electrons. The van der Waals surface area contributed by atoms with Crippen molar-refractivity contribution in [2.75, 3.05) is 12.8 Å². The summed E-state index contributed by atoms with van der Waals surface area (Å²) in [6.45, 7) is 2.21. The van der Waals surface area contributed by atoms with Gasteiger partial charge in [-0.1, -0.05) is 37.6 Å². The lowest BCUT2D eigenvalue weighted by atomic mass is 9.98. The highest BCUT2D eigenvalue weighted by Gasteiger charge is 2.22. The van der Waals surface area contributed by atoms with E-state index in [9.17, 15) is 0 Å². The molecule has 1 aliphatic rings. The van der Waals surface area contributed by atoms with Crippen LogP contribution < -0.4 is 5.32 Å². The first-order valence-corrected chi connectivity index (χ1v) is 8.25. The normalized spacial score (nSPS) is 21.8. The summed E-state index contributed by atoms with van der Waals surface area (Å²) < 4.78 is 0. The van der Waals surface area contributed by atoms with Crippen LogP contribution in [0.25, 0.3) is 0 Å². The predicted molar refractivity (Wildman–Crippen MR) is 82.5 cm³/mol. The minimum Gasteiger partial charge on any atom is -0.316 e. The Bertz CT molecular complexity index is 341.